The van der Waals surface area contributed by atoms with Crippen molar-refractivity contribution in [3.05, 3.63) is 83.4 Å². The molecule has 8 nitrogen and oxygen atoms in total. The standard InChI is InChI=1S/C23H19F2N3O5/c24-23(25)32-19-11-17(28-22(30)31-13-14-5-2-1-3-6-14)10-18(20(19)33-23)21(29)27-16-8-4-7-15(9-16)12-26/h1-11H,12-13,26H2,(H,27,29)(H,28,30). The number of fused-ring (bicyclic) bond motifs is 1. The Labute approximate surface area is 187 Å². The first-order valence-electron chi connectivity index (χ1n) is 9.85. The van der Waals surface area contributed by atoms with Gasteiger partial charge in [0.1, 0.15) is 6.61 Å². The fourth-order valence-electron chi connectivity index (χ4n) is 3.14. The molecule has 0 saturated carbocycles. The molecule has 0 saturated heterocycles. The zero-order chi connectivity index (χ0) is 23.4. The van der Waals surface area contributed by atoms with Gasteiger partial charge in [-0.1, -0.05) is 42.5 Å². The van der Waals surface area contributed by atoms with E-state index >= 15 is 0 Å². The number of hydrogen-bond donors (Lipinski definition) is 3. The second-order valence-corrected chi connectivity index (χ2v) is 7.06. The van der Waals surface area contributed by atoms with Crippen LogP contribution >= 0.6 is 0 Å². The molecule has 2 amide bonds. The van der Waals surface area contributed by atoms with Crippen molar-refractivity contribution in [3.63, 3.8) is 0 Å². The van der Waals surface area contributed by atoms with E-state index in [4.69, 9.17) is 10.5 Å². The highest BCUT2D eigenvalue weighted by atomic mass is 19.3. The van der Waals surface area contributed by atoms with Crippen molar-refractivity contribution in [2.75, 3.05) is 10.6 Å². The van der Waals surface area contributed by atoms with Crippen molar-refractivity contribution < 1.29 is 32.6 Å². The third kappa shape index (κ3) is 5.36. The predicted octanol–water partition coefficient (Wildman–Crippen LogP) is 4.47. The molecule has 0 fully saturated rings. The first-order chi connectivity index (χ1) is 15.8. The zero-order valence-electron chi connectivity index (χ0n) is 17.1. The van der Waals surface area contributed by atoms with Crippen LogP contribution in [0.4, 0.5) is 25.0 Å². The van der Waals surface area contributed by atoms with Crippen LogP contribution in [-0.2, 0) is 17.9 Å². The molecule has 0 aromatic heterocycles. The zero-order valence-corrected chi connectivity index (χ0v) is 17.1. The maximum Gasteiger partial charge on any atom is 0.586 e. The van der Waals surface area contributed by atoms with E-state index in [0.29, 0.717) is 5.69 Å². The molecule has 1 heterocycles. The SMILES string of the molecule is NCc1cccc(NC(=O)c2cc(NC(=O)OCc3ccccc3)cc3c2OC(F)(F)O3)c1. The normalized spacial score (nSPS) is 13.3. The minimum absolute atomic E-state index is 0.000122. The minimum Gasteiger partial charge on any atom is -0.444 e. The number of nitrogens with one attached hydrogen (secondary N) is 2. The molecule has 0 unspecified atom stereocenters. The molecular weight excluding hydrogens is 436 g/mol. The summed E-state index contributed by atoms with van der Waals surface area (Å²) < 4.78 is 41.5. The molecule has 4 rings (SSSR count). The lowest BCUT2D eigenvalue weighted by Crippen LogP contribution is -2.26. The monoisotopic (exact) mass is 455 g/mol. The van der Waals surface area contributed by atoms with Crippen molar-refractivity contribution in [1.29, 1.82) is 0 Å². The summed E-state index contributed by atoms with van der Waals surface area (Å²) in [6.07, 6.45) is -4.80. The van der Waals surface area contributed by atoms with E-state index in [9.17, 15) is 18.4 Å². The van der Waals surface area contributed by atoms with Gasteiger partial charge in [0, 0.05) is 24.0 Å². The molecule has 1 aliphatic heterocycles. The molecule has 10 heteroatoms. The quantitative estimate of drug-likeness (QED) is 0.506. The molecular formula is C23H19F2N3O5. The Balaban J connectivity index is 1.54. The second-order valence-electron chi connectivity index (χ2n) is 7.06. The lowest BCUT2D eigenvalue weighted by Gasteiger charge is -2.12. The summed E-state index contributed by atoms with van der Waals surface area (Å²) in [5, 5.41) is 5.01. The lowest BCUT2D eigenvalue weighted by molar-refractivity contribution is -0.286. The Hall–Kier alpha value is -4.18. The number of amides is 2. The molecule has 1 aliphatic rings. The van der Waals surface area contributed by atoms with Gasteiger partial charge >= 0.3 is 12.4 Å². The number of halogens is 2. The van der Waals surface area contributed by atoms with E-state index < -0.39 is 29.8 Å². The van der Waals surface area contributed by atoms with Gasteiger partial charge in [-0.3, -0.25) is 10.1 Å². The van der Waals surface area contributed by atoms with Gasteiger partial charge in [0.15, 0.2) is 11.5 Å². The summed E-state index contributed by atoms with van der Waals surface area (Å²) >= 11 is 0. The molecule has 0 radical (unpaired) electrons. The van der Waals surface area contributed by atoms with Gasteiger partial charge in [0.25, 0.3) is 5.91 Å². The van der Waals surface area contributed by atoms with E-state index in [2.05, 4.69) is 20.1 Å². The molecule has 0 atom stereocenters. The summed E-state index contributed by atoms with van der Waals surface area (Å²) in [7, 11) is 0. The maximum atomic E-state index is 13.7. The van der Waals surface area contributed by atoms with E-state index in [1.807, 2.05) is 6.07 Å². The van der Waals surface area contributed by atoms with Gasteiger partial charge in [-0.15, -0.1) is 8.78 Å². The van der Waals surface area contributed by atoms with Crippen LogP contribution in [0.3, 0.4) is 0 Å². The minimum atomic E-state index is -3.96. The number of hydrogen-bond acceptors (Lipinski definition) is 6. The number of ether oxygens (including phenoxy) is 3. The summed E-state index contributed by atoms with van der Waals surface area (Å²) in [6, 6.07) is 18.0. The Morgan fingerprint density at radius 3 is 2.42 bits per heavy atom. The Morgan fingerprint density at radius 2 is 1.67 bits per heavy atom. The third-order valence-electron chi connectivity index (χ3n) is 4.63. The summed E-state index contributed by atoms with van der Waals surface area (Å²) in [6.45, 7) is 0.257. The lowest BCUT2D eigenvalue weighted by atomic mass is 10.1. The summed E-state index contributed by atoms with van der Waals surface area (Å²) in [5.74, 6) is -1.60. The second kappa shape index (κ2) is 9.13. The molecule has 0 spiro atoms. The number of rotatable bonds is 6. The van der Waals surface area contributed by atoms with Crippen molar-refractivity contribution >= 4 is 23.4 Å². The van der Waals surface area contributed by atoms with E-state index in [1.54, 1.807) is 48.5 Å². The molecule has 3 aromatic rings. The molecule has 4 N–H and O–H groups in total. The summed E-state index contributed by atoms with van der Waals surface area (Å²) in [5.41, 5.74) is 7.29. The average molecular weight is 455 g/mol. The molecule has 0 bridgehead atoms. The van der Waals surface area contributed by atoms with Crippen molar-refractivity contribution in [1.82, 2.24) is 0 Å². The fourth-order valence-corrected chi connectivity index (χ4v) is 3.14. The van der Waals surface area contributed by atoms with Crippen LogP contribution in [0.5, 0.6) is 11.5 Å². The highest BCUT2D eigenvalue weighted by Crippen LogP contribution is 2.45. The van der Waals surface area contributed by atoms with Gasteiger partial charge in [0.2, 0.25) is 0 Å². The number of anilines is 2. The van der Waals surface area contributed by atoms with Crippen molar-refractivity contribution in [2.24, 2.45) is 5.73 Å². The van der Waals surface area contributed by atoms with E-state index in [1.165, 1.54) is 6.07 Å². The number of benzene rings is 3. The Morgan fingerprint density at radius 1 is 0.909 bits per heavy atom. The third-order valence-corrected chi connectivity index (χ3v) is 4.63. The molecule has 3 aromatic carbocycles. The Bertz CT molecular complexity index is 1190. The van der Waals surface area contributed by atoms with Crippen LogP contribution in [-0.4, -0.2) is 18.3 Å². The van der Waals surface area contributed by atoms with Gasteiger partial charge in [-0.2, -0.15) is 0 Å². The van der Waals surface area contributed by atoms with Gasteiger partial charge in [-0.05, 0) is 29.3 Å². The van der Waals surface area contributed by atoms with Crippen LogP contribution in [0.25, 0.3) is 0 Å². The van der Waals surface area contributed by atoms with E-state index in [0.717, 1.165) is 17.2 Å². The number of carbonyl (C=O) groups excluding carboxylic acids is 2. The highest BCUT2D eigenvalue weighted by Gasteiger charge is 2.45. The number of carbonyl (C=O) groups is 2. The average Bonchev–Trinajstić information content (AvgIpc) is 3.11. The number of alkyl halides is 2. The predicted molar refractivity (Wildman–Crippen MR) is 115 cm³/mol. The first kappa shape index (κ1) is 22.0. The van der Waals surface area contributed by atoms with Crippen molar-refractivity contribution in [2.45, 2.75) is 19.4 Å². The van der Waals surface area contributed by atoms with Crippen molar-refractivity contribution in [3.8, 4) is 11.5 Å². The first-order valence-corrected chi connectivity index (χ1v) is 9.85. The van der Waals surface area contributed by atoms with Gasteiger partial charge in [0.05, 0.1) is 5.56 Å². The van der Waals surface area contributed by atoms with Crippen LogP contribution in [0.1, 0.15) is 21.5 Å². The van der Waals surface area contributed by atoms with Crippen LogP contribution in [0, 0.1) is 0 Å². The smallest absolute Gasteiger partial charge is 0.444 e. The Kier molecular flexibility index (Phi) is 6.09. The topological polar surface area (TPSA) is 112 Å². The van der Waals surface area contributed by atoms with Crippen LogP contribution in [0.15, 0.2) is 66.7 Å². The van der Waals surface area contributed by atoms with Gasteiger partial charge in [-0.25, -0.2) is 4.79 Å². The highest BCUT2D eigenvalue weighted by molar-refractivity contribution is 6.08. The maximum absolute atomic E-state index is 13.7. The van der Waals surface area contributed by atoms with Gasteiger partial charge < -0.3 is 25.3 Å². The number of nitrogens with two attached hydrogens (primary N) is 1. The molecule has 33 heavy (non-hydrogen) atoms. The van der Waals surface area contributed by atoms with Crippen LogP contribution < -0.4 is 25.8 Å². The summed E-state index contributed by atoms with van der Waals surface area (Å²) in [4.78, 5) is 25.1. The largest absolute Gasteiger partial charge is 0.586 e. The molecule has 170 valence electrons. The van der Waals surface area contributed by atoms with Crippen LogP contribution in [0.2, 0.25) is 0 Å². The van der Waals surface area contributed by atoms with E-state index in [-0.39, 0.29) is 24.4 Å². The molecule has 0 aliphatic carbocycles. The fraction of sp³-hybridized carbons (Fsp3) is 0.130.